The number of aliphatic hydroxyl groups is 1. The molecule has 22 heteroatoms. The number of amides is 7. The van der Waals surface area contributed by atoms with E-state index < -0.39 is 140 Å². The minimum Gasteiger partial charge on any atom is -0.481 e. The van der Waals surface area contributed by atoms with E-state index in [1.54, 1.807) is 0 Å². The van der Waals surface area contributed by atoms with E-state index >= 15 is 0 Å². The summed E-state index contributed by atoms with van der Waals surface area (Å²) >= 11 is 0. The van der Waals surface area contributed by atoms with Gasteiger partial charge in [0.05, 0.1) is 19.1 Å². The molecule has 22 nitrogen and oxygen atoms in total. The van der Waals surface area contributed by atoms with Gasteiger partial charge in [-0.3, -0.25) is 47.9 Å². The van der Waals surface area contributed by atoms with Gasteiger partial charge in [-0.15, -0.1) is 0 Å². The van der Waals surface area contributed by atoms with Crippen LogP contribution in [0.3, 0.4) is 0 Å². The zero-order valence-electron chi connectivity index (χ0n) is 28.1. The smallest absolute Gasteiger partial charge is 0.305 e. The maximum absolute atomic E-state index is 13.4. The molecule has 13 N–H and O–H groups in total. The maximum atomic E-state index is 13.4. The Hall–Kier alpha value is -5.38. The summed E-state index contributed by atoms with van der Waals surface area (Å²) in [6.45, 7) is 1.59. The molecule has 1 aliphatic rings. The van der Waals surface area contributed by atoms with Crippen molar-refractivity contribution in [3.63, 3.8) is 0 Å². The Bertz CT molecular complexity index is 1330. The summed E-state index contributed by atoms with van der Waals surface area (Å²) in [5.41, 5.74) is 5.53. The van der Waals surface area contributed by atoms with Crippen molar-refractivity contribution in [3.8, 4) is 0 Å². The molecule has 51 heavy (non-hydrogen) atoms. The summed E-state index contributed by atoms with van der Waals surface area (Å²) < 4.78 is 0. The Morgan fingerprint density at radius 2 is 1.12 bits per heavy atom. The maximum Gasteiger partial charge on any atom is 0.305 e. The molecule has 0 radical (unpaired) electrons. The number of aliphatic hydroxyl groups excluding tert-OH is 1. The van der Waals surface area contributed by atoms with E-state index in [4.69, 9.17) is 10.8 Å². The molecule has 286 valence electrons. The van der Waals surface area contributed by atoms with E-state index in [1.807, 2.05) is 0 Å². The van der Waals surface area contributed by atoms with Crippen molar-refractivity contribution in [1.82, 2.24) is 37.2 Å². The SMILES string of the molecule is C[C@@H]1NC(=O)[C@H](CC(=O)O)NC(=O)[C@H](CCCCN)NC(=O)[C@H](CCC(=O)O)NC(=O)CNC(=O)[C@H]([C@@H](C)O)NC(=O)[C@H](CCC(=O)O)NC1=O. The van der Waals surface area contributed by atoms with Gasteiger partial charge in [0.15, 0.2) is 0 Å². The van der Waals surface area contributed by atoms with Gasteiger partial charge in [-0.25, -0.2) is 0 Å². The van der Waals surface area contributed by atoms with Crippen LogP contribution in [0.4, 0.5) is 0 Å². The molecular weight excluding hydrogens is 684 g/mol. The van der Waals surface area contributed by atoms with E-state index in [9.17, 15) is 63.3 Å². The number of hydrogen-bond donors (Lipinski definition) is 12. The Morgan fingerprint density at radius 1 is 0.647 bits per heavy atom. The summed E-state index contributed by atoms with van der Waals surface area (Å²) in [5, 5.41) is 53.5. The Kier molecular flexibility index (Phi) is 18.5. The number of unbranched alkanes of at least 4 members (excludes halogenated alkanes) is 1. The monoisotopic (exact) mass is 730 g/mol. The van der Waals surface area contributed by atoms with Crippen LogP contribution in [0, 0.1) is 0 Å². The molecule has 1 fully saturated rings. The molecule has 7 atom stereocenters. The van der Waals surface area contributed by atoms with Gasteiger partial charge in [0.25, 0.3) is 0 Å². The molecule has 1 heterocycles. The summed E-state index contributed by atoms with van der Waals surface area (Å²) in [6.07, 6.45) is -4.34. The number of nitrogens with one attached hydrogen (secondary N) is 7. The Balaban J connectivity index is 3.62. The molecule has 0 bridgehead atoms. The van der Waals surface area contributed by atoms with Gasteiger partial charge in [-0.1, -0.05) is 0 Å². The van der Waals surface area contributed by atoms with Crippen molar-refractivity contribution in [2.75, 3.05) is 13.1 Å². The predicted octanol–water partition coefficient (Wildman–Crippen LogP) is -5.24. The van der Waals surface area contributed by atoms with Crippen molar-refractivity contribution >= 4 is 59.3 Å². The van der Waals surface area contributed by atoms with Gasteiger partial charge in [-0.05, 0) is 52.5 Å². The normalized spacial score (nSPS) is 25.3. The molecule has 0 aromatic rings. The number of carbonyl (C=O) groups is 10. The van der Waals surface area contributed by atoms with Crippen LogP contribution in [0.2, 0.25) is 0 Å². The highest BCUT2D eigenvalue weighted by molar-refractivity contribution is 5.98. The molecule has 0 spiro atoms. The van der Waals surface area contributed by atoms with Crippen LogP contribution in [0.25, 0.3) is 0 Å². The molecule has 0 aromatic carbocycles. The van der Waals surface area contributed by atoms with Gasteiger partial charge in [0.1, 0.15) is 36.3 Å². The van der Waals surface area contributed by atoms with Crippen LogP contribution in [0.5, 0.6) is 0 Å². The molecule has 1 saturated heterocycles. The standard InChI is InChI=1S/C29H46N8O14/c1-13-24(46)34-17(7-9-21(42)43)27(49)37-23(14(2)38)29(51)31-12-19(39)33-16(6-8-20(40)41)26(48)35-15(5-3-4-10-30)25(47)36-18(11-22(44)45)28(50)32-13/h13-18,23,38H,3-12,30H2,1-2H3,(H,31,51)(H,32,50)(H,33,39)(H,34,46)(H,35,48)(H,36,47)(H,37,49)(H,40,41)(H,42,43)(H,44,45)/t13-,14+,15-,16-,17-,18-,23-/m0/s1. The first-order chi connectivity index (χ1) is 23.9. The summed E-state index contributed by atoms with van der Waals surface area (Å²) in [5.74, 6) is -11.8. The van der Waals surface area contributed by atoms with E-state index in [0.717, 1.165) is 13.8 Å². The van der Waals surface area contributed by atoms with Crippen LogP contribution >= 0.6 is 0 Å². The molecule has 1 rings (SSSR count). The van der Waals surface area contributed by atoms with E-state index in [2.05, 4.69) is 37.2 Å². The fraction of sp³-hybridized carbons (Fsp3) is 0.655. The molecule has 0 saturated carbocycles. The van der Waals surface area contributed by atoms with Gasteiger partial charge in [-0.2, -0.15) is 0 Å². The first kappa shape index (κ1) is 43.6. The molecule has 1 aliphatic heterocycles. The van der Waals surface area contributed by atoms with Crippen LogP contribution in [-0.4, -0.2) is 135 Å². The summed E-state index contributed by atoms with van der Waals surface area (Å²) in [4.78, 5) is 126. The summed E-state index contributed by atoms with van der Waals surface area (Å²) in [6, 6.07) is -9.76. The number of carbonyl (C=O) groups excluding carboxylic acids is 7. The lowest BCUT2D eigenvalue weighted by atomic mass is 10.0. The average Bonchev–Trinajstić information content (AvgIpc) is 3.04. The van der Waals surface area contributed by atoms with Crippen molar-refractivity contribution in [2.45, 2.75) is 108 Å². The molecule has 0 aliphatic carbocycles. The lowest BCUT2D eigenvalue weighted by Gasteiger charge is -2.26. The number of aliphatic carboxylic acids is 3. The van der Waals surface area contributed by atoms with Crippen molar-refractivity contribution in [1.29, 1.82) is 0 Å². The zero-order valence-corrected chi connectivity index (χ0v) is 28.1. The highest BCUT2D eigenvalue weighted by atomic mass is 16.4. The lowest BCUT2D eigenvalue weighted by molar-refractivity contribution is -0.142. The minimum absolute atomic E-state index is 0.0931. The van der Waals surface area contributed by atoms with Crippen molar-refractivity contribution in [3.05, 3.63) is 0 Å². The van der Waals surface area contributed by atoms with Crippen LogP contribution in [0.1, 0.15) is 65.2 Å². The van der Waals surface area contributed by atoms with Gasteiger partial charge in [0, 0.05) is 12.8 Å². The van der Waals surface area contributed by atoms with Crippen LogP contribution in [0.15, 0.2) is 0 Å². The third kappa shape index (κ3) is 16.3. The quantitative estimate of drug-likeness (QED) is 0.0788. The zero-order chi connectivity index (χ0) is 38.8. The predicted molar refractivity (Wildman–Crippen MR) is 171 cm³/mol. The van der Waals surface area contributed by atoms with Gasteiger partial charge >= 0.3 is 17.9 Å². The van der Waals surface area contributed by atoms with E-state index in [0.29, 0.717) is 6.42 Å². The third-order valence-electron chi connectivity index (χ3n) is 7.41. The molecular formula is C29H46N8O14. The van der Waals surface area contributed by atoms with Gasteiger partial charge < -0.3 is 63.4 Å². The topological polar surface area (TPSA) is 362 Å². The van der Waals surface area contributed by atoms with Crippen molar-refractivity contribution in [2.24, 2.45) is 5.73 Å². The first-order valence-corrected chi connectivity index (χ1v) is 16.0. The minimum atomic E-state index is -1.81. The number of rotatable bonds is 13. The first-order valence-electron chi connectivity index (χ1n) is 16.0. The van der Waals surface area contributed by atoms with Crippen LogP contribution in [-0.2, 0) is 47.9 Å². The second-order valence-corrected chi connectivity index (χ2v) is 11.7. The Morgan fingerprint density at radius 3 is 1.63 bits per heavy atom. The number of carboxylic acids is 3. The summed E-state index contributed by atoms with van der Waals surface area (Å²) in [7, 11) is 0. The average molecular weight is 731 g/mol. The third-order valence-corrected chi connectivity index (χ3v) is 7.41. The fourth-order valence-corrected chi connectivity index (χ4v) is 4.62. The lowest BCUT2D eigenvalue weighted by Crippen LogP contribution is -2.60. The van der Waals surface area contributed by atoms with Crippen molar-refractivity contribution < 1.29 is 68.4 Å². The van der Waals surface area contributed by atoms with Crippen LogP contribution < -0.4 is 43.0 Å². The van der Waals surface area contributed by atoms with E-state index in [-0.39, 0.29) is 19.4 Å². The van der Waals surface area contributed by atoms with E-state index in [1.165, 1.54) is 0 Å². The number of hydrogen-bond acceptors (Lipinski definition) is 12. The Labute approximate surface area is 291 Å². The fourth-order valence-electron chi connectivity index (χ4n) is 4.62. The second kappa shape index (κ2) is 21.7. The van der Waals surface area contributed by atoms with Gasteiger partial charge in [0.2, 0.25) is 41.4 Å². The number of nitrogens with two attached hydrogens (primary N) is 1. The highest BCUT2D eigenvalue weighted by Crippen LogP contribution is 2.07. The largest absolute Gasteiger partial charge is 0.481 e. The highest BCUT2D eigenvalue weighted by Gasteiger charge is 2.34. The number of carboxylic acid groups (broad SMARTS) is 3. The molecule has 0 unspecified atom stereocenters. The second-order valence-electron chi connectivity index (χ2n) is 11.7. The molecule has 0 aromatic heterocycles. The molecule has 7 amide bonds.